The number of carbonyl (C=O) groups excluding carboxylic acids is 2. The van der Waals surface area contributed by atoms with Crippen LogP contribution in [0.1, 0.15) is 12.8 Å². The van der Waals surface area contributed by atoms with E-state index in [4.69, 9.17) is 0 Å². The quantitative estimate of drug-likeness (QED) is 0.289. The smallest absolute Gasteiger partial charge is 0.744 e. The Hall–Kier alpha value is -0.280. The molecule has 2 N–H and O–H groups in total. The molecule has 0 spiro atoms. The summed E-state index contributed by atoms with van der Waals surface area (Å²) in [4.78, 5) is 22.1. The first-order chi connectivity index (χ1) is 13.0. The minimum absolute atomic E-state index is 0. The van der Waals surface area contributed by atoms with Crippen molar-refractivity contribution in [2.45, 2.75) is 12.8 Å². The van der Waals surface area contributed by atoms with Crippen molar-refractivity contribution in [1.82, 2.24) is 10.6 Å². The van der Waals surface area contributed by atoms with Gasteiger partial charge in [-0.2, -0.15) is 0 Å². The molecule has 2 unspecified atom stereocenters. The van der Waals surface area contributed by atoms with E-state index in [1.54, 1.807) is 0 Å². The van der Waals surface area contributed by atoms with Gasteiger partial charge in [-0.15, -0.1) is 0 Å². The molecule has 0 amide bonds. The fraction of sp³-hybridized carbons (Fsp3) is 0.375. The van der Waals surface area contributed by atoms with E-state index in [1.165, 1.54) is 24.3 Å². The van der Waals surface area contributed by atoms with Crippen LogP contribution in [0.4, 0.5) is 0 Å². The van der Waals surface area contributed by atoms with Crippen LogP contribution in [-0.2, 0) is 29.8 Å². The normalized spacial score (nSPS) is 24.6. The molecular weight excluding hydrogens is 458 g/mol. The fourth-order valence-electron chi connectivity index (χ4n) is 3.29. The predicted octanol–water partition coefficient (Wildman–Crippen LogP) is -7.01. The molecule has 30 heavy (non-hydrogen) atoms. The Labute approximate surface area is 218 Å². The first-order valence-corrected chi connectivity index (χ1v) is 11.0. The zero-order valence-electron chi connectivity index (χ0n) is 16.4. The summed E-state index contributed by atoms with van der Waals surface area (Å²) in [5, 5.41) is 5.70. The van der Waals surface area contributed by atoms with Crippen molar-refractivity contribution in [3.8, 4) is 0 Å². The second-order valence-electron chi connectivity index (χ2n) is 6.57. The standard InChI is InChI=1S/2C8H9NO4S.2Na/c2*10-8-4-9-7-2-1-5(3-6(7)8)14(11,12)13;;/h2*1-2,6,9H,3-4H2,(H,11,12,13);;/q;;2*+1/p-2. The van der Waals surface area contributed by atoms with E-state index in [9.17, 15) is 35.5 Å². The van der Waals surface area contributed by atoms with Crippen LogP contribution in [-0.4, -0.2) is 50.6 Å². The molecule has 2 atom stereocenters. The van der Waals surface area contributed by atoms with Crippen LogP contribution in [0.15, 0.2) is 45.5 Å². The van der Waals surface area contributed by atoms with Gasteiger partial charge >= 0.3 is 59.1 Å². The number of hydrogen-bond donors (Lipinski definition) is 2. The molecule has 2 aliphatic carbocycles. The number of ketones is 2. The van der Waals surface area contributed by atoms with E-state index < -0.39 is 32.1 Å². The molecule has 0 saturated carbocycles. The molecule has 0 bridgehead atoms. The Morgan fingerprint density at radius 3 is 1.33 bits per heavy atom. The molecule has 0 radical (unpaired) electrons. The van der Waals surface area contributed by atoms with E-state index in [1.807, 2.05) is 0 Å². The number of hydrogen-bond acceptors (Lipinski definition) is 10. The Bertz CT molecular complexity index is 989. The first kappa shape index (κ1) is 27.8. The van der Waals surface area contributed by atoms with Crippen molar-refractivity contribution in [3.05, 3.63) is 45.5 Å². The van der Waals surface area contributed by atoms with Crippen LogP contribution in [0.5, 0.6) is 0 Å². The number of allylic oxidation sites excluding steroid dienone is 8. The molecule has 2 saturated heterocycles. The van der Waals surface area contributed by atoms with Gasteiger partial charge in [0.15, 0.2) is 11.6 Å². The van der Waals surface area contributed by atoms with Gasteiger partial charge < -0.3 is 19.7 Å². The van der Waals surface area contributed by atoms with Crippen LogP contribution in [0, 0.1) is 11.8 Å². The van der Waals surface area contributed by atoms with E-state index >= 15 is 0 Å². The SMILES string of the molecule is O=C1CNC2=CC=C(S(=O)(=O)[O-])CC12.O=C1CNC2=CC=C(S(=O)(=O)[O-])CC12.[Na+].[Na+]. The maximum atomic E-state index is 11.3. The van der Waals surface area contributed by atoms with Gasteiger partial charge in [-0.3, -0.25) is 9.59 Å². The number of nitrogens with one attached hydrogen (secondary N) is 2. The number of fused-ring (bicyclic) bond motifs is 2. The van der Waals surface area contributed by atoms with Crippen molar-refractivity contribution in [2.24, 2.45) is 11.8 Å². The van der Waals surface area contributed by atoms with Gasteiger partial charge in [-0.05, 0) is 37.1 Å². The fourth-order valence-corrected chi connectivity index (χ4v) is 4.50. The summed E-state index contributed by atoms with van der Waals surface area (Å²) in [7, 11) is -8.80. The molecule has 152 valence electrons. The summed E-state index contributed by atoms with van der Waals surface area (Å²) < 4.78 is 64.2. The summed E-state index contributed by atoms with van der Waals surface area (Å²) >= 11 is 0. The summed E-state index contributed by atoms with van der Waals surface area (Å²) in [5.74, 6) is -1.05. The van der Waals surface area contributed by atoms with E-state index in [0.717, 1.165) is 0 Å². The average molecular weight is 474 g/mol. The van der Waals surface area contributed by atoms with Crippen molar-refractivity contribution in [3.63, 3.8) is 0 Å². The predicted molar refractivity (Wildman–Crippen MR) is 94.0 cm³/mol. The van der Waals surface area contributed by atoms with Crippen LogP contribution < -0.4 is 69.7 Å². The van der Waals surface area contributed by atoms with Gasteiger partial charge in [0.2, 0.25) is 0 Å². The van der Waals surface area contributed by atoms with E-state index in [0.29, 0.717) is 11.4 Å². The Morgan fingerprint density at radius 2 is 1.03 bits per heavy atom. The summed E-state index contributed by atoms with van der Waals surface area (Å²) in [6.07, 6.45) is 5.51. The molecule has 0 aromatic carbocycles. The van der Waals surface area contributed by atoms with Gasteiger partial charge in [-0.25, -0.2) is 16.8 Å². The zero-order valence-corrected chi connectivity index (χ0v) is 22.0. The van der Waals surface area contributed by atoms with Crippen molar-refractivity contribution < 1.29 is 94.6 Å². The molecule has 14 heteroatoms. The first-order valence-electron chi connectivity index (χ1n) is 8.23. The van der Waals surface area contributed by atoms with Crippen LogP contribution in [0.25, 0.3) is 0 Å². The van der Waals surface area contributed by atoms with E-state index in [2.05, 4.69) is 10.6 Å². The number of Topliss-reactive ketones (excluding diaryl/α,β-unsaturated/α-hetero) is 2. The summed E-state index contributed by atoms with van der Waals surface area (Å²) in [5.41, 5.74) is 1.42. The van der Waals surface area contributed by atoms with Gasteiger partial charge in [0.1, 0.15) is 20.2 Å². The molecule has 2 heterocycles. The maximum Gasteiger partial charge on any atom is 1.00 e. The third kappa shape index (κ3) is 6.37. The second kappa shape index (κ2) is 10.6. The van der Waals surface area contributed by atoms with Crippen LogP contribution >= 0.6 is 0 Å². The maximum absolute atomic E-state index is 11.3. The minimum atomic E-state index is -4.40. The van der Waals surface area contributed by atoms with Crippen LogP contribution in [0.2, 0.25) is 0 Å². The van der Waals surface area contributed by atoms with Gasteiger partial charge in [-0.1, -0.05) is 0 Å². The monoisotopic (exact) mass is 474 g/mol. The number of carbonyl (C=O) groups is 2. The summed E-state index contributed by atoms with van der Waals surface area (Å²) in [6.45, 7) is 0.438. The summed E-state index contributed by atoms with van der Waals surface area (Å²) in [6, 6.07) is 0. The minimum Gasteiger partial charge on any atom is -0.744 e. The molecule has 0 aromatic heterocycles. The molecule has 4 aliphatic rings. The van der Waals surface area contributed by atoms with Crippen LogP contribution in [0.3, 0.4) is 0 Å². The molecule has 2 fully saturated rings. The largest absolute Gasteiger partial charge is 1.00 e. The van der Waals surface area contributed by atoms with E-state index in [-0.39, 0.29) is 106 Å². The van der Waals surface area contributed by atoms with Crippen molar-refractivity contribution in [1.29, 1.82) is 0 Å². The van der Waals surface area contributed by atoms with Gasteiger partial charge in [0.25, 0.3) is 0 Å². The third-order valence-corrected chi connectivity index (χ3v) is 6.70. The molecule has 2 aliphatic heterocycles. The molecule has 10 nitrogen and oxygen atoms in total. The van der Waals surface area contributed by atoms with Crippen molar-refractivity contribution in [2.75, 3.05) is 13.1 Å². The van der Waals surface area contributed by atoms with Gasteiger partial charge in [0, 0.05) is 21.2 Å². The Morgan fingerprint density at radius 1 is 0.700 bits per heavy atom. The second-order valence-corrected chi connectivity index (χ2v) is 9.44. The molecule has 0 aromatic rings. The molecule has 4 rings (SSSR count). The topological polar surface area (TPSA) is 173 Å². The third-order valence-electron chi connectivity index (χ3n) is 4.81. The zero-order chi connectivity index (χ0) is 20.7. The van der Waals surface area contributed by atoms with Crippen molar-refractivity contribution >= 4 is 31.8 Å². The Balaban J connectivity index is 0.000000281. The Kier molecular flexibility index (Phi) is 9.77. The molecular formula is C16H16N2Na2O8S2. The van der Waals surface area contributed by atoms with Gasteiger partial charge in [0.05, 0.1) is 24.9 Å². The number of rotatable bonds is 2. The average Bonchev–Trinajstić information content (AvgIpc) is 3.17.